The summed E-state index contributed by atoms with van der Waals surface area (Å²) in [6.45, 7) is 5.93. The maximum atomic E-state index is 9.23. The molecule has 0 aliphatic rings. The van der Waals surface area contributed by atoms with E-state index in [-0.39, 0.29) is 13.2 Å². The zero-order valence-electron chi connectivity index (χ0n) is 11.4. The topological polar surface area (TPSA) is 61.7 Å². The second kappa shape index (κ2) is 8.53. The minimum atomic E-state index is -0.848. The van der Waals surface area contributed by atoms with Crippen molar-refractivity contribution >= 4 is 15.9 Å². The van der Waals surface area contributed by atoms with E-state index in [9.17, 15) is 5.11 Å². The van der Waals surface area contributed by atoms with Crippen molar-refractivity contribution in [3.63, 3.8) is 0 Å². The molecule has 1 unspecified atom stereocenters. The van der Waals surface area contributed by atoms with Gasteiger partial charge >= 0.3 is 0 Å². The Kier molecular flexibility index (Phi) is 7.38. The molecule has 0 aliphatic carbocycles. The van der Waals surface area contributed by atoms with Crippen molar-refractivity contribution in [1.29, 1.82) is 0 Å². The zero-order chi connectivity index (χ0) is 14.3. The molecule has 0 aromatic heterocycles. The van der Waals surface area contributed by atoms with Crippen molar-refractivity contribution in [3.05, 3.63) is 28.2 Å². The fraction of sp³-hybridized carbons (Fsp3) is 0.571. The highest BCUT2D eigenvalue weighted by Crippen LogP contribution is 2.26. The van der Waals surface area contributed by atoms with Gasteiger partial charge in [-0.15, -0.1) is 0 Å². The summed E-state index contributed by atoms with van der Waals surface area (Å²) in [5, 5.41) is 21.3. The van der Waals surface area contributed by atoms with Gasteiger partial charge in [-0.25, -0.2) is 0 Å². The monoisotopic (exact) mass is 331 g/mol. The van der Waals surface area contributed by atoms with Crippen molar-refractivity contribution in [2.75, 3.05) is 19.8 Å². The van der Waals surface area contributed by atoms with E-state index in [1.165, 1.54) is 5.56 Å². The lowest BCUT2D eigenvalue weighted by Crippen LogP contribution is -2.21. The minimum Gasteiger partial charge on any atom is -0.490 e. The third-order valence-corrected chi connectivity index (χ3v) is 3.14. The van der Waals surface area contributed by atoms with E-state index in [1.54, 1.807) is 0 Å². The van der Waals surface area contributed by atoms with Gasteiger partial charge in [0.1, 0.15) is 18.5 Å². The smallest absolute Gasteiger partial charge is 0.133 e. The Hall–Kier alpha value is -0.620. The number of aliphatic hydroxyl groups is 2. The molecule has 4 nitrogen and oxygen atoms in total. The summed E-state index contributed by atoms with van der Waals surface area (Å²) in [7, 11) is 0. The van der Waals surface area contributed by atoms with Crippen LogP contribution in [0.4, 0.5) is 0 Å². The highest BCUT2D eigenvalue weighted by Gasteiger charge is 2.06. The molecule has 5 heteroatoms. The first kappa shape index (κ1) is 16.4. The number of hydrogen-bond acceptors (Lipinski definition) is 4. The molecule has 0 aliphatic heterocycles. The number of nitrogens with one attached hydrogen (secondary N) is 1. The molecular formula is C14H22BrNO3. The fourth-order valence-electron chi connectivity index (χ4n) is 1.52. The maximum absolute atomic E-state index is 9.23. The Morgan fingerprint density at radius 3 is 2.68 bits per heavy atom. The molecule has 0 amide bonds. The standard InChI is InChI=1S/C14H22BrNO3/c1-10(2)6-16-7-11-3-4-14(13(15)5-11)19-9-12(18)8-17/h3-5,10,12,16-18H,6-9H2,1-2H3. The molecule has 1 atom stereocenters. The van der Waals surface area contributed by atoms with Crippen LogP contribution in [0.1, 0.15) is 19.4 Å². The minimum absolute atomic E-state index is 0.0834. The van der Waals surface area contributed by atoms with Crippen molar-refractivity contribution < 1.29 is 14.9 Å². The third kappa shape index (κ3) is 6.38. The molecule has 0 saturated heterocycles. The average molecular weight is 332 g/mol. The Morgan fingerprint density at radius 2 is 2.11 bits per heavy atom. The highest BCUT2D eigenvalue weighted by molar-refractivity contribution is 9.10. The van der Waals surface area contributed by atoms with Crippen LogP contribution in [0, 0.1) is 5.92 Å². The Labute approximate surface area is 122 Å². The Morgan fingerprint density at radius 1 is 1.37 bits per heavy atom. The predicted molar refractivity (Wildman–Crippen MR) is 79.3 cm³/mol. The van der Waals surface area contributed by atoms with E-state index >= 15 is 0 Å². The summed E-state index contributed by atoms with van der Waals surface area (Å²) < 4.78 is 6.26. The van der Waals surface area contributed by atoms with E-state index in [1.807, 2.05) is 18.2 Å². The van der Waals surface area contributed by atoms with E-state index in [0.29, 0.717) is 11.7 Å². The first-order valence-electron chi connectivity index (χ1n) is 6.43. The SMILES string of the molecule is CC(C)CNCc1ccc(OCC(O)CO)c(Br)c1. The molecule has 0 heterocycles. The van der Waals surface area contributed by atoms with Crippen molar-refractivity contribution in [3.8, 4) is 5.75 Å². The summed E-state index contributed by atoms with van der Waals surface area (Å²) >= 11 is 3.44. The highest BCUT2D eigenvalue weighted by atomic mass is 79.9. The third-order valence-electron chi connectivity index (χ3n) is 2.52. The molecule has 0 bridgehead atoms. The lowest BCUT2D eigenvalue weighted by Gasteiger charge is -2.13. The Bertz CT molecular complexity index is 385. The van der Waals surface area contributed by atoms with Gasteiger partial charge in [0.05, 0.1) is 11.1 Å². The molecule has 1 rings (SSSR count). The quantitative estimate of drug-likeness (QED) is 0.681. The molecular weight excluding hydrogens is 310 g/mol. The number of halogens is 1. The van der Waals surface area contributed by atoms with E-state index in [0.717, 1.165) is 17.6 Å². The number of aliphatic hydroxyl groups excluding tert-OH is 2. The first-order valence-corrected chi connectivity index (χ1v) is 7.23. The van der Waals surface area contributed by atoms with Crippen molar-refractivity contribution in [2.45, 2.75) is 26.5 Å². The van der Waals surface area contributed by atoms with Crippen molar-refractivity contribution in [1.82, 2.24) is 5.32 Å². The van der Waals surface area contributed by atoms with Crippen LogP contribution < -0.4 is 10.1 Å². The number of ether oxygens (including phenoxy) is 1. The van der Waals surface area contributed by atoms with E-state index in [4.69, 9.17) is 9.84 Å². The molecule has 1 aromatic carbocycles. The van der Waals surface area contributed by atoms with Crippen LogP contribution in [0.5, 0.6) is 5.75 Å². The van der Waals surface area contributed by atoms with Crippen molar-refractivity contribution in [2.24, 2.45) is 5.92 Å². The molecule has 1 aromatic rings. The van der Waals surface area contributed by atoms with E-state index in [2.05, 4.69) is 35.1 Å². The average Bonchev–Trinajstić information content (AvgIpc) is 2.37. The summed E-state index contributed by atoms with van der Waals surface area (Å²) in [6.07, 6.45) is -0.848. The van der Waals surface area contributed by atoms with Crippen LogP contribution in [-0.2, 0) is 6.54 Å². The van der Waals surface area contributed by atoms with Gasteiger partial charge in [0.15, 0.2) is 0 Å². The number of hydrogen-bond donors (Lipinski definition) is 3. The lowest BCUT2D eigenvalue weighted by molar-refractivity contribution is 0.0533. The van der Waals surface area contributed by atoms with Gasteiger partial charge in [0, 0.05) is 6.54 Å². The second-order valence-electron chi connectivity index (χ2n) is 4.94. The van der Waals surface area contributed by atoms with Gasteiger partial charge < -0.3 is 20.3 Å². The molecule has 0 radical (unpaired) electrons. The van der Waals surface area contributed by atoms with Crippen LogP contribution in [0.2, 0.25) is 0 Å². The van der Waals surface area contributed by atoms with Gasteiger partial charge in [-0.3, -0.25) is 0 Å². The molecule has 19 heavy (non-hydrogen) atoms. The normalized spacial score (nSPS) is 12.7. The van der Waals surface area contributed by atoms with Gasteiger partial charge in [-0.05, 0) is 46.1 Å². The largest absolute Gasteiger partial charge is 0.490 e. The van der Waals surface area contributed by atoms with Gasteiger partial charge in [-0.1, -0.05) is 19.9 Å². The fourth-order valence-corrected chi connectivity index (χ4v) is 2.06. The van der Waals surface area contributed by atoms with Crippen LogP contribution in [0.15, 0.2) is 22.7 Å². The summed E-state index contributed by atoms with van der Waals surface area (Å²) in [5.74, 6) is 1.30. The maximum Gasteiger partial charge on any atom is 0.133 e. The second-order valence-corrected chi connectivity index (χ2v) is 5.79. The van der Waals surface area contributed by atoms with Crippen LogP contribution in [-0.4, -0.2) is 36.1 Å². The molecule has 0 saturated carbocycles. The molecule has 0 spiro atoms. The summed E-state index contributed by atoms with van der Waals surface area (Å²) in [6, 6.07) is 5.84. The molecule has 0 fully saturated rings. The van der Waals surface area contributed by atoms with Crippen LogP contribution >= 0.6 is 15.9 Å². The number of benzene rings is 1. The van der Waals surface area contributed by atoms with Gasteiger partial charge in [-0.2, -0.15) is 0 Å². The van der Waals surface area contributed by atoms with E-state index < -0.39 is 6.10 Å². The molecule has 108 valence electrons. The predicted octanol–water partition coefficient (Wildman–Crippen LogP) is 1.93. The van der Waals surface area contributed by atoms with Gasteiger partial charge in [0.25, 0.3) is 0 Å². The molecule has 3 N–H and O–H groups in total. The number of rotatable bonds is 8. The zero-order valence-corrected chi connectivity index (χ0v) is 13.0. The van der Waals surface area contributed by atoms with Crippen LogP contribution in [0.25, 0.3) is 0 Å². The summed E-state index contributed by atoms with van der Waals surface area (Å²) in [5.41, 5.74) is 1.17. The first-order chi connectivity index (χ1) is 9.02. The lowest BCUT2D eigenvalue weighted by atomic mass is 10.2. The van der Waals surface area contributed by atoms with Gasteiger partial charge in [0.2, 0.25) is 0 Å². The summed E-state index contributed by atoms with van der Waals surface area (Å²) in [4.78, 5) is 0. The Balaban J connectivity index is 2.49. The van der Waals surface area contributed by atoms with Crippen LogP contribution in [0.3, 0.4) is 0 Å².